The molecule has 0 spiro atoms. The predicted molar refractivity (Wildman–Crippen MR) is 75.5 cm³/mol. The van der Waals surface area contributed by atoms with Gasteiger partial charge < -0.3 is 4.74 Å². The van der Waals surface area contributed by atoms with Gasteiger partial charge in [-0.2, -0.15) is 5.26 Å². The highest BCUT2D eigenvalue weighted by molar-refractivity contribution is 9.10. The van der Waals surface area contributed by atoms with E-state index in [0.29, 0.717) is 0 Å². The first-order valence-corrected chi connectivity index (χ1v) is 7.22. The summed E-state index contributed by atoms with van der Waals surface area (Å²) in [4.78, 5) is 0. The van der Waals surface area contributed by atoms with E-state index in [1.54, 1.807) is 7.11 Å². The first-order valence-electron chi connectivity index (χ1n) is 6.43. The number of nitrogens with zero attached hydrogens (tertiary/aromatic N) is 1. The molecule has 0 bridgehead atoms. The van der Waals surface area contributed by atoms with Gasteiger partial charge in [-0.3, -0.25) is 0 Å². The summed E-state index contributed by atoms with van der Waals surface area (Å²) in [7, 11) is 1.67. The van der Waals surface area contributed by atoms with Crippen molar-refractivity contribution in [3.05, 3.63) is 28.2 Å². The molecule has 1 aromatic carbocycles. The van der Waals surface area contributed by atoms with Crippen LogP contribution in [0.25, 0.3) is 0 Å². The number of rotatable bonds is 3. The molecule has 0 atom stereocenters. The topological polar surface area (TPSA) is 33.0 Å². The largest absolute Gasteiger partial charge is 0.497 e. The Labute approximate surface area is 117 Å². The second kappa shape index (κ2) is 5.75. The summed E-state index contributed by atoms with van der Waals surface area (Å²) in [6.45, 7) is 0. The molecule has 1 saturated carbocycles. The van der Waals surface area contributed by atoms with Crippen LogP contribution >= 0.6 is 15.9 Å². The Morgan fingerprint density at radius 1 is 1.33 bits per heavy atom. The quantitative estimate of drug-likeness (QED) is 0.825. The maximum Gasteiger partial charge on any atom is 0.119 e. The molecule has 0 aromatic heterocycles. The number of benzene rings is 1. The normalized spacial score (nSPS) is 18.1. The maximum atomic E-state index is 9.52. The molecule has 1 aliphatic carbocycles. The van der Waals surface area contributed by atoms with Crippen molar-refractivity contribution in [2.24, 2.45) is 5.41 Å². The third-order valence-electron chi connectivity index (χ3n) is 3.83. The Bertz CT molecular complexity index is 458. The first-order chi connectivity index (χ1) is 8.69. The fourth-order valence-electron chi connectivity index (χ4n) is 2.73. The Morgan fingerprint density at radius 3 is 2.67 bits per heavy atom. The van der Waals surface area contributed by atoms with Gasteiger partial charge in [0.15, 0.2) is 0 Å². The van der Waals surface area contributed by atoms with E-state index in [1.807, 2.05) is 18.2 Å². The average molecular weight is 308 g/mol. The number of ether oxygens (including phenoxy) is 1. The first kappa shape index (κ1) is 13.4. The van der Waals surface area contributed by atoms with E-state index in [2.05, 4.69) is 22.0 Å². The van der Waals surface area contributed by atoms with E-state index in [4.69, 9.17) is 4.74 Å². The Balaban J connectivity index is 2.24. The third kappa shape index (κ3) is 2.87. The highest BCUT2D eigenvalue weighted by Gasteiger charge is 2.32. The second-order valence-electron chi connectivity index (χ2n) is 5.09. The lowest BCUT2D eigenvalue weighted by Crippen LogP contribution is -2.25. The molecule has 0 saturated heterocycles. The minimum absolute atomic E-state index is 0.173. The monoisotopic (exact) mass is 307 g/mol. The van der Waals surface area contributed by atoms with Crippen LogP contribution in [0, 0.1) is 16.7 Å². The van der Waals surface area contributed by atoms with Crippen molar-refractivity contribution in [1.82, 2.24) is 0 Å². The molecule has 0 aliphatic heterocycles. The van der Waals surface area contributed by atoms with E-state index in [9.17, 15) is 5.26 Å². The van der Waals surface area contributed by atoms with E-state index in [1.165, 1.54) is 24.8 Å². The van der Waals surface area contributed by atoms with Gasteiger partial charge in [0.25, 0.3) is 0 Å². The Hall–Kier alpha value is -1.01. The molecule has 1 fully saturated rings. The van der Waals surface area contributed by atoms with Crippen molar-refractivity contribution >= 4 is 15.9 Å². The summed E-state index contributed by atoms with van der Waals surface area (Å²) in [5.41, 5.74) is 1.01. The zero-order valence-electron chi connectivity index (χ0n) is 10.7. The van der Waals surface area contributed by atoms with Crippen LogP contribution in [0.1, 0.15) is 37.7 Å². The Morgan fingerprint density at radius 2 is 2.06 bits per heavy atom. The summed E-state index contributed by atoms with van der Waals surface area (Å²) >= 11 is 3.57. The van der Waals surface area contributed by atoms with E-state index >= 15 is 0 Å². The van der Waals surface area contributed by atoms with Gasteiger partial charge in [-0.15, -0.1) is 0 Å². The summed E-state index contributed by atoms with van der Waals surface area (Å²) in [5, 5.41) is 9.52. The van der Waals surface area contributed by atoms with Gasteiger partial charge in [0.1, 0.15) is 5.75 Å². The van der Waals surface area contributed by atoms with Crippen LogP contribution in [0.5, 0.6) is 5.75 Å². The summed E-state index contributed by atoms with van der Waals surface area (Å²) < 4.78 is 6.33. The van der Waals surface area contributed by atoms with Crippen LogP contribution < -0.4 is 4.74 Å². The maximum absolute atomic E-state index is 9.52. The molecule has 0 N–H and O–H groups in total. The van der Waals surface area contributed by atoms with Crippen LogP contribution in [0.15, 0.2) is 22.7 Å². The zero-order chi connectivity index (χ0) is 13.0. The van der Waals surface area contributed by atoms with Crippen LogP contribution in [-0.4, -0.2) is 7.11 Å². The van der Waals surface area contributed by atoms with Crippen molar-refractivity contribution in [2.75, 3.05) is 7.11 Å². The average Bonchev–Trinajstić information content (AvgIpc) is 2.42. The predicted octanol–water partition coefficient (Wildman–Crippen LogP) is 4.47. The van der Waals surface area contributed by atoms with Gasteiger partial charge >= 0.3 is 0 Å². The van der Waals surface area contributed by atoms with Gasteiger partial charge in [-0.1, -0.05) is 35.2 Å². The van der Waals surface area contributed by atoms with E-state index < -0.39 is 0 Å². The van der Waals surface area contributed by atoms with Crippen LogP contribution in [0.3, 0.4) is 0 Å². The standard InChI is InChI=1S/C15H18BrNO/c1-18-13-5-6-14(16)12(9-13)10-15(11-17)7-3-2-4-8-15/h5-6,9H,2-4,7-8,10H2,1H3. The molecule has 2 rings (SSSR count). The van der Waals surface area contributed by atoms with Crippen molar-refractivity contribution < 1.29 is 4.74 Å². The molecule has 18 heavy (non-hydrogen) atoms. The molecule has 1 aliphatic rings. The lowest BCUT2D eigenvalue weighted by atomic mass is 9.71. The fourth-order valence-corrected chi connectivity index (χ4v) is 3.12. The van der Waals surface area contributed by atoms with Gasteiger partial charge in [0, 0.05) is 4.47 Å². The van der Waals surface area contributed by atoms with Gasteiger partial charge in [0.2, 0.25) is 0 Å². The number of methoxy groups -OCH3 is 1. The lowest BCUT2D eigenvalue weighted by Gasteiger charge is -2.31. The van der Waals surface area contributed by atoms with E-state index in [0.717, 1.165) is 29.5 Å². The van der Waals surface area contributed by atoms with Crippen LogP contribution in [0.4, 0.5) is 0 Å². The van der Waals surface area contributed by atoms with E-state index in [-0.39, 0.29) is 5.41 Å². The molecule has 2 nitrogen and oxygen atoms in total. The molecule has 0 amide bonds. The number of nitriles is 1. The highest BCUT2D eigenvalue weighted by atomic mass is 79.9. The summed E-state index contributed by atoms with van der Waals surface area (Å²) in [6.07, 6.45) is 6.48. The molecule has 3 heteroatoms. The summed E-state index contributed by atoms with van der Waals surface area (Å²) in [5.74, 6) is 0.858. The molecule has 96 valence electrons. The van der Waals surface area contributed by atoms with Crippen molar-refractivity contribution in [1.29, 1.82) is 5.26 Å². The van der Waals surface area contributed by atoms with Crippen LogP contribution in [0.2, 0.25) is 0 Å². The summed E-state index contributed by atoms with van der Waals surface area (Å²) in [6, 6.07) is 8.55. The second-order valence-corrected chi connectivity index (χ2v) is 5.94. The van der Waals surface area contributed by atoms with Crippen molar-refractivity contribution in [2.45, 2.75) is 38.5 Å². The molecule has 0 heterocycles. The van der Waals surface area contributed by atoms with Crippen molar-refractivity contribution in [3.63, 3.8) is 0 Å². The smallest absolute Gasteiger partial charge is 0.119 e. The molecule has 0 unspecified atom stereocenters. The van der Waals surface area contributed by atoms with Crippen molar-refractivity contribution in [3.8, 4) is 11.8 Å². The zero-order valence-corrected chi connectivity index (χ0v) is 12.3. The minimum atomic E-state index is -0.173. The number of hydrogen-bond acceptors (Lipinski definition) is 2. The number of hydrogen-bond donors (Lipinski definition) is 0. The van der Waals surface area contributed by atoms with Crippen LogP contribution in [-0.2, 0) is 6.42 Å². The van der Waals surface area contributed by atoms with Gasteiger partial charge in [-0.05, 0) is 43.0 Å². The molecular formula is C15H18BrNO. The molecule has 1 aromatic rings. The van der Waals surface area contributed by atoms with Gasteiger partial charge in [-0.25, -0.2) is 0 Å². The fraction of sp³-hybridized carbons (Fsp3) is 0.533. The highest BCUT2D eigenvalue weighted by Crippen LogP contribution is 2.40. The Kier molecular flexibility index (Phi) is 4.29. The SMILES string of the molecule is COc1ccc(Br)c(CC2(C#N)CCCCC2)c1. The lowest BCUT2D eigenvalue weighted by molar-refractivity contribution is 0.265. The molecule has 0 radical (unpaired) electrons. The van der Waals surface area contributed by atoms with Gasteiger partial charge in [0.05, 0.1) is 18.6 Å². The minimum Gasteiger partial charge on any atom is -0.497 e. The molecular weight excluding hydrogens is 290 g/mol. The number of halogens is 1. The third-order valence-corrected chi connectivity index (χ3v) is 4.60.